The van der Waals surface area contributed by atoms with Crippen LogP contribution < -0.4 is 5.32 Å². The largest absolute Gasteiger partial charge is 0.375 e. The van der Waals surface area contributed by atoms with E-state index in [2.05, 4.69) is 16.7 Å². The summed E-state index contributed by atoms with van der Waals surface area (Å²) in [5, 5.41) is 16.4. The summed E-state index contributed by atoms with van der Waals surface area (Å²) in [6, 6.07) is 2.21. The van der Waals surface area contributed by atoms with Gasteiger partial charge in [0.05, 0.1) is 15.1 Å². The molecule has 0 aromatic carbocycles. The molecule has 0 amide bonds. The molecular weight excluding hydrogens is 262 g/mol. The monoisotopic (exact) mass is 276 g/mol. The molecule has 99 valence electrons. The quantitative estimate of drug-likeness (QED) is 0.684. The summed E-state index contributed by atoms with van der Waals surface area (Å²) in [5.74, 6) is 0. The Hall–Kier alpha value is -1.69. The summed E-state index contributed by atoms with van der Waals surface area (Å²) >= 11 is 1.50. The van der Waals surface area contributed by atoms with Gasteiger partial charge in [-0.3, -0.25) is 10.1 Å². The van der Waals surface area contributed by atoms with Crippen molar-refractivity contribution in [3.8, 4) is 0 Å². The lowest BCUT2D eigenvalue weighted by Gasteiger charge is -2.23. The van der Waals surface area contributed by atoms with Gasteiger partial charge in [-0.1, -0.05) is 0 Å². The molecule has 0 bridgehead atoms. The van der Waals surface area contributed by atoms with Crippen LogP contribution in [-0.2, 0) is 0 Å². The minimum Gasteiger partial charge on any atom is -0.375 e. The van der Waals surface area contributed by atoms with Crippen molar-refractivity contribution >= 4 is 32.9 Å². The molecule has 1 radical (unpaired) electrons. The summed E-state index contributed by atoms with van der Waals surface area (Å²) in [4.78, 5) is 14.9. The molecule has 1 N–H and O–H groups in total. The van der Waals surface area contributed by atoms with E-state index in [1.165, 1.54) is 17.5 Å². The molecule has 1 saturated carbocycles. The Balaban J connectivity index is 2.00. The minimum absolute atomic E-state index is 0.0736. The molecule has 0 unspecified atom stereocenters. The third-order valence-corrected chi connectivity index (χ3v) is 4.36. The van der Waals surface area contributed by atoms with Crippen molar-refractivity contribution in [2.75, 3.05) is 5.32 Å². The third kappa shape index (κ3) is 2.40. The number of thiophene rings is 1. The van der Waals surface area contributed by atoms with Crippen molar-refractivity contribution in [3.63, 3.8) is 0 Å². The number of aromatic nitrogens is 1. The SMILES string of the molecule is O=[N+]([O-])c1cnc2ccsc2c1NC1CC[CH]CC1. The molecule has 2 aromatic heterocycles. The fourth-order valence-corrected chi connectivity index (χ4v) is 3.31. The fourth-order valence-electron chi connectivity index (χ4n) is 2.46. The van der Waals surface area contributed by atoms with Crippen molar-refractivity contribution in [3.05, 3.63) is 34.2 Å². The lowest BCUT2D eigenvalue weighted by Crippen LogP contribution is -2.23. The second-order valence-corrected chi connectivity index (χ2v) is 5.61. The number of nitrogens with zero attached hydrogens (tertiary/aromatic N) is 2. The van der Waals surface area contributed by atoms with E-state index in [1.807, 2.05) is 11.4 Å². The van der Waals surface area contributed by atoms with Crippen LogP contribution in [0.1, 0.15) is 25.7 Å². The van der Waals surface area contributed by atoms with Gasteiger partial charge in [0.25, 0.3) is 0 Å². The summed E-state index contributed by atoms with van der Waals surface area (Å²) in [7, 11) is 0. The van der Waals surface area contributed by atoms with E-state index in [0.29, 0.717) is 11.7 Å². The highest BCUT2D eigenvalue weighted by atomic mass is 32.1. The maximum Gasteiger partial charge on any atom is 0.311 e. The first-order chi connectivity index (χ1) is 9.25. The highest BCUT2D eigenvalue weighted by Crippen LogP contribution is 2.36. The van der Waals surface area contributed by atoms with Crippen LogP contribution in [-0.4, -0.2) is 15.9 Å². The Morgan fingerprint density at radius 1 is 1.42 bits per heavy atom. The molecule has 1 aliphatic rings. The van der Waals surface area contributed by atoms with E-state index in [0.717, 1.165) is 35.9 Å². The molecular formula is C13H14N3O2S. The topological polar surface area (TPSA) is 68.1 Å². The molecule has 6 heteroatoms. The van der Waals surface area contributed by atoms with Crippen LogP contribution in [0.5, 0.6) is 0 Å². The summed E-state index contributed by atoms with van der Waals surface area (Å²) in [6.07, 6.45) is 7.85. The van der Waals surface area contributed by atoms with Gasteiger partial charge in [0, 0.05) is 6.04 Å². The Kier molecular flexibility index (Phi) is 3.33. The first-order valence-electron chi connectivity index (χ1n) is 6.34. The van der Waals surface area contributed by atoms with Gasteiger partial charge in [-0.15, -0.1) is 11.3 Å². The molecule has 0 saturated heterocycles. The average Bonchev–Trinajstić information content (AvgIpc) is 2.88. The zero-order valence-corrected chi connectivity index (χ0v) is 11.2. The fraction of sp³-hybridized carbons (Fsp3) is 0.385. The molecule has 2 aromatic rings. The minimum atomic E-state index is -0.358. The highest BCUT2D eigenvalue weighted by molar-refractivity contribution is 7.17. The van der Waals surface area contributed by atoms with E-state index >= 15 is 0 Å². The van der Waals surface area contributed by atoms with Gasteiger partial charge in [-0.05, 0) is 43.6 Å². The van der Waals surface area contributed by atoms with Gasteiger partial charge in [0.15, 0.2) is 0 Å². The molecule has 0 aliphatic heterocycles. The molecule has 1 aliphatic carbocycles. The molecule has 5 nitrogen and oxygen atoms in total. The zero-order chi connectivity index (χ0) is 13.2. The summed E-state index contributed by atoms with van der Waals surface area (Å²) < 4.78 is 0.878. The highest BCUT2D eigenvalue weighted by Gasteiger charge is 2.22. The second kappa shape index (κ2) is 5.13. The molecule has 1 fully saturated rings. The maximum atomic E-state index is 11.2. The van der Waals surface area contributed by atoms with Crippen molar-refractivity contribution in [2.45, 2.75) is 31.7 Å². The Labute approximate surface area is 114 Å². The molecule has 0 spiro atoms. The van der Waals surface area contributed by atoms with Gasteiger partial charge in [-0.25, -0.2) is 4.98 Å². The van der Waals surface area contributed by atoms with Crippen LogP contribution in [0.25, 0.3) is 10.2 Å². The van der Waals surface area contributed by atoms with E-state index < -0.39 is 0 Å². The van der Waals surface area contributed by atoms with Gasteiger partial charge < -0.3 is 5.32 Å². The number of rotatable bonds is 3. The Morgan fingerprint density at radius 2 is 2.21 bits per heavy atom. The van der Waals surface area contributed by atoms with Crippen molar-refractivity contribution in [2.24, 2.45) is 0 Å². The van der Waals surface area contributed by atoms with Crippen LogP contribution in [0.4, 0.5) is 11.4 Å². The third-order valence-electron chi connectivity index (χ3n) is 3.44. The number of fused-ring (bicyclic) bond motifs is 1. The number of hydrogen-bond acceptors (Lipinski definition) is 5. The molecule has 2 heterocycles. The van der Waals surface area contributed by atoms with Crippen LogP contribution in [0.2, 0.25) is 0 Å². The van der Waals surface area contributed by atoms with Crippen molar-refractivity contribution < 1.29 is 4.92 Å². The lowest BCUT2D eigenvalue weighted by atomic mass is 9.95. The first-order valence-corrected chi connectivity index (χ1v) is 7.22. The molecule has 0 atom stereocenters. The smallest absolute Gasteiger partial charge is 0.311 e. The molecule has 3 rings (SSSR count). The number of pyridine rings is 1. The van der Waals surface area contributed by atoms with Crippen LogP contribution >= 0.6 is 11.3 Å². The van der Waals surface area contributed by atoms with Crippen molar-refractivity contribution in [1.29, 1.82) is 0 Å². The standard InChI is InChI=1S/C13H14N3O2S/c17-16(18)11-8-14-10-6-7-19-13(10)12(11)15-9-4-2-1-3-5-9/h1,6-9H,2-5H2,(H,14,15). The van der Waals surface area contributed by atoms with Crippen LogP contribution in [0, 0.1) is 16.5 Å². The number of nitrogens with one attached hydrogen (secondary N) is 1. The van der Waals surface area contributed by atoms with Crippen LogP contribution in [0.3, 0.4) is 0 Å². The van der Waals surface area contributed by atoms with E-state index in [1.54, 1.807) is 0 Å². The second-order valence-electron chi connectivity index (χ2n) is 4.70. The van der Waals surface area contributed by atoms with Gasteiger partial charge in [0.2, 0.25) is 0 Å². The predicted octanol–water partition coefficient (Wildman–Crippen LogP) is 3.76. The van der Waals surface area contributed by atoms with Gasteiger partial charge in [-0.2, -0.15) is 0 Å². The van der Waals surface area contributed by atoms with Crippen LogP contribution in [0.15, 0.2) is 17.6 Å². The van der Waals surface area contributed by atoms with E-state index in [9.17, 15) is 10.1 Å². The van der Waals surface area contributed by atoms with Gasteiger partial charge >= 0.3 is 5.69 Å². The summed E-state index contributed by atoms with van der Waals surface area (Å²) in [5.41, 5.74) is 1.53. The lowest BCUT2D eigenvalue weighted by molar-refractivity contribution is -0.384. The molecule has 19 heavy (non-hydrogen) atoms. The van der Waals surface area contributed by atoms with E-state index in [-0.39, 0.29) is 10.6 Å². The number of anilines is 1. The number of hydrogen-bond donors (Lipinski definition) is 1. The Morgan fingerprint density at radius 3 is 2.95 bits per heavy atom. The predicted molar refractivity (Wildman–Crippen MR) is 76.5 cm³/mol. The van der Waals surface area contributed by atoms with Gasteiger partial charge in [0.1, 0.15) is 11.9 Å². The van der Waals surface area contributed by atoms with Crippen molar-refractivity contribution in [1.82, 2.24) is 4.98 Å². The van der Waals surface area contributed by atoms with E-state index in [4.69, 9.17) is 0 Å². The number of nitro groups is 1. The Bertz CT molecular complexity index is 605. The zero-order valence-electron chi connectivity index (χ0n) is 10.3. The normalized spacial score (nSPS) is 16.6. The average molecular weight is 276 g/mol. The maximum absolute atomic E-state index is 11.2. The summed E-state index contributed by atoms with van der Waals surface area (Å²) in [6.45, 7) is 0. The first kappa shape index (κ1) is 12.3.